The predicted octanol–water partition coefficient (Wildman–Crippen LogP) is 1.69. The van der Waals surface area contributed by atoms with Gasteiger partial charge < -0.3 is 19.7 Å². The molecule has 0 saturated carbocycles. The number of hydrogen-bond acceptors (Lipinski definition) is 4. The zero-order chi connectivity index (χ0) is 12.4. The standard InChI is InChI=1S/C12H26O4/c1-4-6-7-11(16-12(14)5-2)9-15-8-10(3)13/h10-14H,4-9H2,1-3H3. The highest BCUT2D eigenvalue weighted by Gasteiger charge is 2.13. The fraction of sp³-hybridized carbons (Fsp3) is 1.00. The van der Waals surface area contributed by atoms with Gasteiger partial charge in [-0.15, -0.1) is 0 Å². The second kappa shape index (κ2) is 10.0. The highest BCUT2D eigenvalue weighted by molar-refractivity contribution is 4.58. The van der Waals surface area contributed by atoms with Crippen molar-refractivity contribution in [1.82, 2.24) is 0 Å². The molecule has 0 radical (unpaired) electrons. The van der Waals surface area contributed by atoms with E-state index in [1.165, 1.54) is 0 Å². The molecule has 0 bridgehead atoms. The molecule has 3 unspecified atom stereocenters. The first kappa shape index (κ1) is 15.8. The lowest BCUT2D eigenvalue weighted by Crippen LogP contribution is -2.27. The minimum Gasteiger partial charge on any atom is -0.391 e. The summed E-state index contributed by atoms with van der Waals surface area (Å²) in [5, 5.41) is 18.5. The quantitative estimate of drug-likeness (QED) is 0.565. The fourth-order valence-electron chi connectivity index (χ4n) is 1.31. The van der Waals surface area contributed by atoms with Crippen LogP contribution in [0.15, 0.2) is 0 Å². The van der Waals surface area contributed by atoms with Gasteiger partial charge in [-0.2, -0.15) is 0 Å². The van der Waals surface area contributed by atoms with Gasteiger partial charge in [-0.05, 0) is 19.8 Å². The van der Waals surface area contributed by atoms with Crippen LogP contribution in [0, 0.1) is 0 Å². The molecule has 0 heterocycles. The monoisotopic (exact) mass is 234 g/mol. The molecule has 0 aromatic carbocycles. The summed E-state index contributed by atoms with van der Waals surface area (Å²) in [7, 11) is 0. The van der Waals surface area contributed by atoms with Crippen molar-refractivity contribution >= 4 is 0 Å². The molecule has 0 aromatic rings. The largest absolute Gasteiger partial charge is 0.391 e. The van der Waals surface area contributed by atoms with E-state index in [9.17, 15) is 5.11 Å². The summed E-state index contributed by atoms with van der Waals surface area (Å²) in [5.41, 5.74) is 0. The van der Waals surface area contributed by atoms with Crippen molar-refractivity contribution in [1.29, 1.82) is 0 Å². The summed E-state index contributed by atoms with van der Waals surface area (Å²) in [6.07, 6.45) is 2.37. The van der Waals surface area contributed by atoms with Crippen LogP contribution in [-0.4, -0.2) is 41.9 Å². The van der Waals surface area contributed by atoms with E-state index in [2.05, 4.69) is 6.92 Å². The van der Waals surface area contributed by atoms with E-state index >= 15 is 0 Å². The average molecular weight is 234 g/mol. The Labute approximate surface area is 98.6 Å². The first-order chi connectivity index (χ1) is 7.60. The number of hydrogen-bond donors (Lipinski definition) is 2. The smallest absolute Gasteiger partial charge is 0.154 e. The van der Waals surface area contributed by atoms with E-state index < -0.39 is 12.4 Å². The van der Waals surface area contributed by atoms with E-state index in [1.807, 2.05) is 6.92 Å². The third-order valence-electron chi connectivity index (χ3n) is 2.24. The SMILES string of the molecule is CCCCC(COCC(C)O)OC(O)CC. The number of rotatable bonds is 10. The predicted molar refractivity (Wildman–Crippen MR) is 63.2 cm³/mol. The van der Waals surface area contributed by atoms with Crippen molar-refractivity contribution in [3.63, 3.8) is 0 Å². The maximum Gasteiger partial charge on any atom is 0.154 e. The summed E-state index contributed by atoms with van der Waals surface area (Å²) in [6, 6.07) is 0. The fourth-order valence-corrected chi connectivity index (χ4v) is 1.31. The Morgan fingerprint density at radius 3 is 2.31 bits per heavy atom. The van der Waals surface area contributed by atoms with Crippen LogP contribution in [-0.2, 0) is 9.47 Å². The highest BCUT2D eigenvalue weighted by atomic mass is 16.6. The Morgan fingerprint density at radius 2 is 1.81 bits per heavy atom. The molecule has 0 spiro atoms. The Kier molecular flexibility index (Phi) is 9.92. The van der Waals surface area contributed by atoms with Crippen molar-refractivity contribution in [3.05, 3.63) is 0 Å². The van der Waals surface area contributed by atoms with Gasteiger partial charge in [-0.25, -0.2) is 0 Å². The van der Waals surface area contributed by atoms with Crippen LogP contribution < -0.4 is 0 Å². The third-order valence-corrected chi connectivity index (χ3v) is 2.24. The van der Waals surface area contributed by atoms with Gasteiger partial charge in [0.05, 0.1) is 25.4 Å². The summed E-state index contributed by atoms with van der Waals surface area (Å²) in [4.78, 5) is 0. The van der Waals surface area contributed by atoms with Crippen LogP contribution in [0.25, 0.3) is 0 Å². The molecular weight excluding hydrogens is 208 g/mol. The molecule has 0 rings (SSSR count). The molecule has 0 aliphatic carbocycles. The minimum atomic E-state index is -0.711. The van der Waals surface area contributed by atoms with Crippen molar-refractivity contribution in [2.24, 2.45) is 0 Å². The van der Waals surface area contributed by atoms with E-state index in [4.69, 9.17) is 14.6 Å². The van der Waals surface area contributed by atoms with Crippen LogP contribution in [0.5, 0.6) is 0 Å². The number of unbranched alkanes of at least 4 members (excludes halogenated alkanes) is 1. The van der Waals surface area contributed by atoms with Gasteiger partial charge >= 0.3 is 0 Å². The first-order valence-electron chi connectivity index (χ1n) is 6.19. The molecule has 0 aliphatic rings. The third kappa shape index (κ3) is 9.09. The van der Waals surface area contributed by atoms with Crippen LogP contribution in [0.3, 0.4) is 0 Å². The zero-order valence-corrected chi connectivity index (χ0v) is 10.7. The molecule has 98 valence electrons. The minimum absolute atomic E-state index is 0.0753. The molecule has 0 fully saturated rings. The van der Waals surface area contributed by atoms with Crippen LogP contribution in [0.2, 0.25) is 0 Å². The van der Waals surface area contributed by atoms with Gasteiger partial charge in [0.1, 0.15) is 0 Å². The summed E-state index contributed by atoms with van der Waals surface area (Å²) >= 11 is 0. The second-order valence-electron chi connectivity index (χ2n) is 4.15. The number of ether oxygens (including phenoxy) is 2. The van der Waals surface area contributed by atoms with E-state index in [-0.39, 0.29) is 6.10 Å². The number of aliphatic hydroxyl groups is 2. The van der Waals surface area contributed by atoms with Crippen LogP contribution in [0.1, 0.15) is 46.5 Å². The topological polar surface area (TPSA) is 58.9 Å². The molecule has 3 atom stereocenters. The lowest BCUT2D eigenvalue weighted by Gasteiger charge is -2.21. The number of aliphatic hydroxyl groups excluding tert-OH is 2. The molecule has 0 aliphatic heterocycles. The molecule has 2 N–H and O–H groups in total. The van der Waals surface area contributed by atoms with Crippen molar-refractivity contribution < 1.29 is 19.7 Å². The van der Waals surface area contributed by atoms with Gasteiger partial charge in [-0.3, -0.25) is 0 Å². The lowest BCUT2D eigenvalue weighted by molar-refractivity contribution is -0.157. The van der Waals surface area contributed by atoms with E-state index in [1.54, 1.807) is 6.92 Å². The molecule has 16 heavy (non-hydrogen) atoms. The molecule has 0 saturated heterocycles. The van der Waals surface area contributed by atoms with Gasteiger partial charge in [0.15, 0.2) is 6.29 Å². The Morgan fingerprint density at radius 1 is 1.12 bits per heavy atom. The Hall–Kier alpha value is -0.160. The normalized spacial score (nSPS) is 17.1. The van der Waals surface area contributed by atoms with Crippen molar-refractivity contribution in [2.75, 3.05) is 13.2 Å². The van der Waals surface area contributed by atoms with E-state index in [0.29, 0.717) is 19.6 Å². The molecule has 0 aromatic heterocycles. The van der Waals surface area contributed by atoms with Crippen molar-refractivity contribution in [2.45, 2.75) is 65.0 Å². The molecule has 4 nitrogen and oxygen atoms in total. The zero-order valence-electron chi connectivity index (χ0n) is 10.7. The molecule has 4 heteroatoms. The maximum atomic E-state index is 9.41. The highest BCUT2D eigenvalue weighted by Crippen LogP contribution is 2.09. The Bertz CT molecular complexity index is 150. The summed E-state index contributed by atoms with van der Waals surface area (Å²) in [5.74, 6) is 0. The second-order valence-corrected chi connectivity index (χ2v) is 4.15. The molecular formula is C12H26O4. The summed E-state index contributed by atoms with van der Waals surface area (Å²) in [6.45, 7) is 6.42. The van der Waals surface area contributed by atoms with Crippen LogP contribution in [0.4, 0.5) is 0 Å². The Balaban J connectivity index is 3.80. The molecule has 0 amide bonds. The lowest BCUT2D eigenvalue weighted by atomic mass is 10.2. The first-order valence-corrected chi connectivity index (χ1v) is 6.19. The maximum absolute atomic E-state index is 9.41. The van der Waals surface area contributed by atoms with Gasteiger partial charge in [-0.1, -0.05) is 26.7 Å². The average Bonchev–Trinajstić information content (AvgIpc) is 2.24. The van der Waals surface area contributed by atoms with E-state index in [0.717, 1.165) is 19.3 Å². The van der Waals surface area contributed by atoms with Crippen LogP contribution >= 0.6 is 0 Å². The van der Waals surface area contributed by atoms with Gasteiger partial charge in [0.25, 0.3) is 0 Å². The van der Waals surface area contributed by atoms with Crippen molar-refractivity contribution in [3.8, 4) is 0 Å². The summed E-state index contributed by atoms with van der Waals surface area (Å²) < 4.78 is 10.7. The van der Waals surface area contributed by atoms with Gasteiger partial charge in [0.2, 0.25) is 0 Å². The van der Waals surface area contributed by atoms with Gasteiger partial charge in [0, 0.05) is 0 Å².